The lowest BCUT2D eigenvalue weighted by molar-refractivity contribution is 0.175. The summed E-state index contributed by atoms with van der Waals surface area (Å²) in [7, 11) is 1.63. The van der Waals surface area contributed by atoms with Gasteiger partial charge < -0.3 is 14.9 Å². The van der Waals surface area contributed by atoms with Crippen LogP contribution in [0.4, 0.5) is 0 Å². The highest BCUT2D eigenvalue weighted by Crippen LogP contribution is 2.16. The number of methoxy groups -OCH3 is 1. The highest BCUT2D eigenvalue weighted by atomic mass is 16.5. The number of hydrogen-bond acceptors (Lipinski definition) is 3. The van der Waals surface area contributed by atoms with Gasteiger partial charge in [0, 0.05) is 0 Å². The Morgan fingerprint density at radius 2 is 1.68 bits per heavy atom. The van der Waals surface area contributed by atoms with Gasteiger partial charge in [-0.3, -0.25) is 0 Å². The number of benzene rings is 2. The van der Waals surface area contributed by atoms with Crippen molar-refractivity contribution >= 4 is 0 Å². The molecule has 1 atom stereocenters. The van der Waals surface area contributed by atoms with E-state index in [4.69, 9.17) is 4.74 Å². The van der Waals surface area contributed by atoms with Gasteiger partial charge in [0.2, 0.25) is 0 Å². The van der Waals surface area contributed by atoms with E-state index in [0.717, 1.165) is 16.9 Å². The first-order chi connectivity index (χ1) is 9.17. The number of ether oxygens (including phenoxy) is 1. The number of aromatic hydroxyl groups is 1. The molecule has 2 N–H and O–H groups in total. The van der Waals surface area contributed by atoms with Gasteiger partial charge in [-0.25, -0.2) is 0 Å². The lowest BCUT2D eigenvalue weighted by atomic mass is 10.0. The minimum absolute atomic E-state index is 0.231. The number of aliphatic hydroxyl groups is 1. The molecule has 0 radical (unpaired) electrons. The van der Waals surface area contributed by atoms with Crippen molar-refractivity contribution < 1.29 is 14.9 Å². The predicted octanol–water partition coefficient (Wildman–Crippen LogP) is 2.55. The first-order valence-corrected chi connectivity index (χ1v) is 6.26. The molecule has 0 saturated carbocycles. The predicted molar refractivity (Wildman–Crippen MR) is 74.5 cm³/mol. The maximum Gasteiger partial charge on any atom is 0.118 e. The van der Waals surface area contributed by atoms with Gasteiger partial charge in [0.25, 0.3) is 0 Å². The Morgan fingerprint density at radius 1 is 1.00 bits per heavy atom. The summed E-state index contributed by atoms with van der Waals surface area (Å²) in [6.07, 6.45) is 0.648. The number of hydrogen-bond donors (Lipinski definition) is 2. The molecule has 2 aromatic rings. The fourth-order valence-electron chi connectivity index (χ4n) is 2.06. The van der Waals surface area contributed by atoms with Crippen molar-refractivity contribution in [3.8, 4) is 11.5 Å². The Morgan fingerprint density at radius 3 is 2.32 bits per heavy atom. The van der Waals surface area contributed by atoms with Crippen LogP contribution < -0.4 is 4.74 Å². The van der Waals surface area contributed by atoms with Gasteiger partial charge in [-0.05, 0) is 48.2 Å². The van der Waals surface area contributed by atoms with Crippen LogP contribution >= 0.6 is 0 Å². The van der Waals surface area contributed by atoms with Crippen LogP contribution in [0.25, 0.3) is 0 Å². The Bertz CT molecular complexity index is 520. The van der Waals surface area contributed by atoms with Gasteiger partial charge in [0.05, 0.1) is 13.2 Å². The number of aliphatic hydroxyl groups excluding tert-OH is 1. The highest BCUT2D eigenvalue weighted by Gasteiger charge is 2.07. The third-order valence-electron chi connectivity index (χ3n) is 3.01. The second kappa shape index (κ2) is 6.25. The van der Waals surface area contributed by atoms with Crippen molar-refractivity contribution in [2.45, 2.75) is 18.9 Å². The largest absolute Gasteiger partial charge is 0.508 e. The molecular weight excluding hydrogens is 240 g/mol. The molecule has 0 aliphatic carbocycles. The standard InChI is InChI=1S/C16H18O3/c1-19-16-7-5-12(6-8-16)9-15(18)11-13-3-2-4-14(17)10-13/h2-8,10,15,17-18H,9,11H2,1H3. The second-order valence-electron chi connectivity index (χ2n) is 4.58. The molecule has 2 rings (SSSR count). The summed E-state index contributed by atoms with van der Waals surface area (Å²) in [5.41, 5.74) is 1.99. The van der Waals surface area contributed by atoms with Crippen molar-refractivity contribution in [1.29, 1.82) is 0 Å². The second-order valence-corrected chi connectivity index (χ2v) is 4.58. The monoisotopic (exact) mass is 258 g/mol. The Labute approximate surface area is 113 Å². The number of rotatable bonds is 5. The summed E-state index contributed by atoms with van der Waals surface area (Å²) in [5, 5.41) is 19.4. The Balaban J connectivity index is 1.95. The van der Waals surface area contributed by atoms with Gasteiger partial charge >= 0.3 is 0 Å². The van der Waals surface area contributed by atoms with Gasteiger partial charge in [0.15, 0.2) is 0 Å². The molecule has 0 amide bonds. The molecule has 0 fully saturated rings. The van der Waals surface area contributed by atoms with Crippen LogP contribution in [0, 0.1) is 0 Å². The summed E-state index contributed by atoms with van der Waals surface area (Å²) in [6.45, 7) is 0. The first kappa shape index (κ1) is 13.4. The molecule has 0 aliphatic rings. The number of phenolic OH excluding ortho intramolecular Hbond substituents is 1. The van der Waals surface area contributed by atoms with Crippen molar-refractivity contribution in [3.63, 3.8) is 0 Å². The van der Waals surface area contributed by atoms with Crippen LogP contribution in [0.15, 0.2) is 48.5 Å². The normalized spacial score (nSPS) is 12.1. The summed E-state index contributed by atoms with van der Waals surface area (Å²) in [6, 6.07) is 14.7. The zero-order chi connectivity index (χ0) is 13.7. The van der Waals surface area contributed by atoms with Crippen LogP contribution in [-0.4, -0.2) is 23.4 Å². The van der Waals surface area contributed by atoms with Crippen molar-refractivity contribution in [3.05, 3.63) is 59.7 Å². The SMILES string of the molecule is COc1ccc(CC(O)Cc2cccc(O)c2)cc1. The Hall–Kier alpha value is -2.00. The average Bonchev–Trinajstić information content (AvgIpc) is 2.39. The fourth-order valence-corrected chi connectivity index (χ4v) is 2.06. The van der Waals surface area contributed by atoms with Crippen LogP contribution in [0.3, 0.4) is 0 Å². The van der Waals surface area contributed by atoms with Crippen molar-refractivity contribution in [2.24, 2.45) is 0 Å². The highest BCUT2D eigenvalue weighted by molar-refractivity contribution is 5.29. The van der Waals surface area contributed by atoms with Crippen LogP contribution in [0.1, 0.15) is 11.1 Å². The molecule has 0 heterocycles. The maximum absolute atomic E-state index is 10.1. The lowest BCUT2D eigenvalue weighted by Gasteiger charge is -2.11. The smallest absolute Gasteiger partial charge is 0.118 e. The molecular formula is C16H18O3. The molecule has 1 unspecified atom stereocenters. The molecule has 2 aromatic carbocycles. The van der Waals surface area contributed by atoms with E-state index < -0.39 is 6.10 Å². The first-order valence-electron chi connectivity index (χ1n) is 6.26. The molecule has 0 saturated heterocycles. The third kappa shape index (κ3) is 4.00. The van der Waals surface area contributed by atoms with Crippen molar-refractivity contribution in [1.82, 2.24) is 0 Å². The molecule has 100 valence electrons. The molecule has 19 heavy (non-hydrogen) atoms. The topological polar surface area (TPSA) is 49.7 Å². The third-order valence-corrected chi connectivity index (χ3v) is 3.01. The van der Waals surface area contributed by atoms with Gasteiger partial charge in [-0.2, -0.15) is 0 Å². The Kier molecular flexibility index (Phi) is 4.42. The van der Waals surface area contributed by atoms with E-state index in [-0.39, 0.29) is 5.75 Å². The minimum atomic E-state index is -0.463. The lowest BCUT2D eigenvalue weighted by Crippen LogP contribution is -2.13. The molecule has 3 heteroatoms. The van der Waals surface area contributed by atoms with Crippen LogP contribution in [0.2, 0.25) is 0 Å². The molecule has 0 bridgehead atoms. The van der Waals surface area contributed by atoms with Crippen LogP contribution in [-0.2, 0) is 12.8 Å². The van der Waals surface area contributed by atoms with E-state index >= 15 is 0 Å². The van der Waals surface area contributed by atoms with Crippen molar-refractivity contribution in [2.75, 3.05) is 7.11 Å². The average molecular weight is 258 g/mol. The maximum atomic E-state index is 10.1. The van der Waals surface area contributed by atoms with Gasteiger partial charge in [-0.15, -0.1) is 0 Å². The molecule has 0 aromatic heterocycles. The van der Waals surface area contributed by atoms with E-state index in [1.165, 1.54) is 0 Å². The summed E-state index contributed by atoms with van der Waals surface area (Å²) in [4.78, 5) is 0. The van der Waals surface area contributed by atoms with Crippen LogP contribution in [0.5, 0.6) is 11.5 Å². The zero-order valence-corrected chi connectivity index (χ0v) is 10.9. The van der Waals surface area contributed by atoms with E-state index in [0.29, 0.717) is 12.8 Å². The van der Waals surface area contributed by atoms with E-state index in [1.807, 2.05) is 30.3 Å². The van der Waals surface area contributed by atoms with Gasteiger partial charge in [0.1, 0.15) is 11.5 Å². The minimum Gasteiger partial charge on any atom is -0.508 e. The molecule has 0 spiro atoms. The van der Waals surface area contributed by atoms with E-state index in [1.54, 1.807) is 25.3 Å². The zero-order valence-electron chi connectivity index (χ0n) is 10.9. The molecule has 3 nitrogen and oxygen atoms in total. The summed E-state index contributed by atoms with van der Waals surface area (Å²) in [5.74, 6) is 1.04. The quantitative estimate of drug-likeness (QED) is 0.866. The fraction of sp³-hybridized carbons (Fsp3) is 0.250. The summed E-state index contributed by atoms with van der Waals surface area (Å²) >= 11 is 0. The summed E-state index contributed by atoms with van der Waals surface area (Å²) < 4.78 is 5.09. The van der Waals surface area contributed by atoms with E-state index in [9.17, 15) is 10.2 Å². The number of phenols is 1. The van der Waals surface area contributed by atoms with Gasteiger partial charge in [-0.1, -0.05) is 24.3 Å². The van der Waals surface area contributed by atoms with E-state index in [2.05, 4.69) is 0 Å². The molecule has 0 aliphatic heterocycles.